The van der Waals surface area contributed by atoms with E-state index in [1.54, 1.807) is 0 Å². The molecule has 3 rings (SSSR count). The molecular formula is C25H34O2. The minimum Gasteiger partial charge on any atom is -0.465 e. The highest BCUT2D eigenvalue weighted by atomic mass is 16.5. The molecule has 0 heterocycles. The number of carbonyl (C=O) groups is 1. The molecule has 0 unspecified atom stereocenters. The van der Waals surface area contributed by atoms with Gasteiger partial charge in [-0.25, -0.2) is 4.79 Å². The van der Waals surface area contributed by atoms with E-state index >= 15 is 0 Å². The van der Waals surface area contributed by atoms with Crippen LogP contribution >= 0.6 is 0 Å². The lowest BCUT2D eigenvalue weighted by atomic mass is 9.70. The molecule has 1 aromatic carbocycles. The molecule has 0 aromatic heterocycles. The van der Waals surface area contributed by atoms with E-state index in [9.17, 15) is 4.79 Å². The summed E-state index contributed by atoms with van der Waals surface area (Å²) >= 11 is 0. The van der Waals surface area contributed by atoms with Crippen molar-refractivity contribution in [3.63, 3.8) is 0 Å². The molecular weight excluding hydrogens is 332 g/mol. The van der Waals surface area contributed by atoms with E-state index in [1.807, 2.05) is 12.1 Å². The van der Waals surface area contributed by atoms with Crippen LogP contribution in [0.4, 0.5) is 0 Å². The number of carbonyl (C=O) groups excluding carboxylic acids is 1. The lowest BCUT2D eigenvalue weighted by Crippen LogP contribution is -2.21. The van der Waals surface area contributed by atoms with Crippen LogP contribution in [0, 0.1) is 18.3 Å². The van der Waals surface area contributed by atoms with Gasteiger partial charge in [0.15, 0.2) is 0 Å². The molecule has 2 aliphatic rings. The summed E-state index contributed by atoms with van der Waals surface area (Å²) in [7, 11) is 1.49. The zero-order valence-electron chi connectivity index (χ0n) is 17.1. The molecule has 0 atom stereocenters. The van der Waals surface area contributed by atoms with E-state index in [0.29, 0.717) is 11.8 Å². The summed E-state index contributed by atoms with van der Waals surface area (Å²) in [6.07, 6.45) is 19.6. The van der Waals surface area contributed by atoms with Crippen LogP contribution in [-0.4, -0.2) is 13.1 Å². The Labute approximate surface area is 165 Å². The first-order valence-electron chi connectivity index (χ1n) is 10.9. The maximum absolute atomic E-state index is 12.6. The van der Waals surface area contributed by atoms with Crippen LogP contribution in [0.15, 0.2) is 12.1 Å². The Morgan fingerprint density at radius 2 is 1.70 bits per heavy atom. The first-order valence-corrected chi connectivity index (χ1v) is 10.9. The van der Waals surface area contributed by atoms with Gasteiger partial charge >= 0.3 is 5.97 Å². The summed E-state index contributed by atoms with van der Waals surface area (Å²) in [6, 6.07) is 3.89. The quantitative estimate of drug-likeness (QED) is 0.435. The molecule has 0 saturated heterocycles. The van der Waals surface area contributed by atoms with Crippen molar-refractivity contribution in [1.82, 2.24) is 0 Å². The second-order valence-electron chi connectivity index (χ2n) is 8.47. The normalized spacial score (nSPS) is 23.6. The highest BCUT2D eigenvalue weighted by molar-refractivity contribution is 5.92. The highest BCUT2D eigenvalue weighted by Gasteiger charge is 2.31. The number of hydrogen-bond acceptors (Lipinski definition) is 2. The molecule has 0 aliphatic heterocycles. The van der Waals surface area contributed by atoms with Gasteiger partial charge in [0.2, 0.25) is 0 Å². The fourth-order valence-electron chi connectivity index (χ4n) is 5.47. The number of terminal acetylenes is 1. The van der Waals surface area contributed by atoms with E-state index in [0.717, 1.165) is 17.0 Å². The van der Waals surface area contributed by atoms with Gasteiger partial charge in [0.25, 0.3) is 0 Å². The Balaban J connectivity index is 2.02. The van der Waals surface area contributed by atoms with Gasteiger partial charge in [0.1, 0.15) is 0 Å². The predicted molar refractivity (Wildman–Crippen MR) is 111 cm³/mol. The third-order valence-electron chi connectivity index (χ3n) is 6.81. The van der Waals surface area contributed by atoms with Crippen molar-refractivity contribution < 1.29 is 9.53 Å². The predicted octanol–water partition coefficient (Wildman–Crippen LogP) is 6.58. The second kappa shape index (κ2) is 9.45. The van der Waals surface area contributed by atoms with Crippen LogP contribution in [0.3, 0.4) is 0 Å². The number of rotatable bonds is 5. The van der Waals surface area contributed by atoms with Gasteiger partial charge in [-0.05, 0) is 79.5 Å². The Morgan fingerprint density at radius 3 is 2.30 bits per heavy atom. The molecule has 2 fully saturated rings. The number of benzene rings is 1. The smallest absolute Gasteiger partial charge is 0.338 e. The van der Waals surface area contributed by atoms with Crippen LogP contribution in [0.25, 0.3) is 0 Å². The number of esters is 1. The minimum absolute atomic E-state index is 0.207. The lowest BCUT2D eigenvalue weighted by Gasteiger charge is -2.34. The number of ether oxygens (including phenoxy) is 1. The third-order valence-corrected chi connectivity index (χ3v) is 6.81. The average Bonchev–Trinajstić information content (AvgIpc) is 2.73. The average molecular weight is 367 g/mol. The van der Waals surface area contributed by atoms with E-state index in [4.69, 9.17) is 11.2 Å². The summed E-state index contributed by atoms with van der Waals surface area (Å²) in [5, 5.41) is 0. The Bertz CT molecular complexity index is 683. The molecule has 2 aliphatic carbocycles. The first-order chi connectivity index (χ1) is 13.2. The van der Waals surface area contributed by atoms with Crippen molar-refractivity contribution in [3.05, 3.63) is 34.4 Å². The maximum Gasteiger partial charge on any atom is 0.338 e. The van der Waals surface area contributed by atoms with Gasteiger partial charge in [-0.15, -0.1) is 6.42 Å². The van der Waals surface area contributed by atoms with Gasteiger partial charge < -0.3 is 4.74 Å². The van der Waals surface area contributed by atoms with Crippen LogP contribution in [-0.2, 0) is 4.74 Å². The zero-order chi connectivity index (χ0) is 19.2. The minimum atomic E-state index is -0.207. The molecule has 2 heteroatoms. The van der Waals surface area contributed by atoms with Gasteiger partial charge in [-0.2, -0.15) is 0 Å². The zero-order valence-corrected chi connectivity index (χ0v) is 17.1. The van der Waals surface area contributed by atoms with Crippen molar-refractivity contribution in [2.75, 3.05) is 7.11 Å². The molecule has 1 aromatic rings. The standard InChI is InChI=1S/C25H34O2/c1-4-9-18-12-14-21(15-13-18)24-22(25(26)27-3)17-16-19(5-2)23(24)20-10-7-6-8-11-20/h2,16-18,20-21H,4,6-15H2,1,3H3. The fourth-order valence-corrected chi connectivity index (χ4v) is 5.47. The molecule has 0 amide bonds. The topological polar surface area (TPSA) is 26.3 Å². The van der Waals surface area contributed by atoms with Crippen molar-refractivity contribution in [2.24, 2.45) is 5.92 Å². The van der Waals surface area contributed by atoms with E-state index in [-0.39, 0.29) is 5.97 Å². The van der Waals surface area contributed by atoms with Gasteiger partial charge in [0.05, 0.1) is 12.7 Å². The lowest BCUT2D eigenvalue weighted by molar-refractivity contribution is 0.0598. The number of hydrogen-bond donors (Lipinski definition) is 0. The summed E-state index contributed by atoms with van der Waals surface area (Å²) in [5.41, 5.74) is 4.30. The highest BCUT2D eigenvalue weighted by Crippen LogP contribution is 2.45. The van der Waals surface area contributed by atoms with E-state index in [1.165, 1.54) is 88.9 Å². The Morgan fingerprint density at radius 1 is 1.04 bits per heavy atom. The van der Waals surface area contributed by atoms with E-state index in [2.05, 4.69) is 12.8 Å². The third kappa shape index (κ3) is 4.40. The van der Waals surface area contributed by atoms with Crippen molar-refractivity contribution in [3.8, 4) is 12.3 Å². The molecule has 146 valence electrons. The first kappa shape index (κ1) is 20.0. The van der Waals surface area contributed by atoms with Gasteiger partial charge in [0, 0.05) is 5.56 Å². The van der Waals surface area contributed by atoms with Crippen molar-refractivity contribution in [2.45, 2.75) is 89.4 Å². The summed E-state index contributed by atoms with van der Waals surface area (Å²) in [6.45, 7) is 2.28. The largest absolute Gasteiger partial charge is 0.465 e. The Kier molecular flexibility index (Phi) is 7.00. The molecule has 2 nitrogen and oxygen atoms in total. The van der Waals surface area contributed by atoms with Crippen LogP contribution in [0.2, 0.25) is 0 Å². The monoisotopic (exact) mass is 366 g/mol. The van der Waals surface area contributed by atoms with Crippen molar-refractivity contribution >= 4 is 5.97 Å². The van der Waals surface area contributed by atoms with Gasteiger partial charge in [-0.1, -0.05) is 44.9 Å². The van der Waals surface area contributed by atoms with Crippen LogP contribution < -0.4 is 0 Å². The molecule has 0 spiro atoms. The SMILES string of the molecule is C#Cc1ccc(C(=O)OC)c(C2CCC(CCC)CC2)c1C1CCCCC1. The maximum atomic E-state index is 12.6. The summed E-state index contributed by atoms with van der Waals surface area (Å²) in [4.78, 5) is 12.6. The van der Waals surface area contributed by atoms with Crippen molar-refractivity contribution in [1.29, 1.82) is 0 Å². The fraction of sp³-hybridized carbons (Fsp3) is 0.640. The molecule has 0 radical (unpaired) electrons. The van der Waals surface area contributed by atoms with Crippen LogP contribution in [0.1, 0.15) is 116 Å². The molecule has 0 bridgehead atoms. The second-order valence-corrected chi connectivity index (χ2v) is 8.47. The molecule has 2 saturated carbocycles. The van der Waals surface area contributed by atoms with Gasteiger partial charge in [-0.3, -0.25) is 0 Å². The number of methoxy groups -OCH3 is 1. The summed E-state index contributed by atoms with van der Waals surface area (Å²) < 4.78 is 5.15. The molecule has 0 N–H and O–H groups in total. The van der Waals surface area contributed by atoms with E-state index < -0.39 is 0 Å². The molecule has 27 heavy (non-hydrogen) atoms. The Hall–Kier alpha value is -1.75. The summed E-state index contributed by atoms with van der Waals surface area (Å²) in [5.74, 6) is 4.52. The van der Waals surface area contributed by atoms with Crippen LogP contribution in [0.5, 0.6) is 0 Å².